The van der Waals surface area contributed by atoms with E-state index in [0.717, 1.165) is 16.8 Å². The number of halogens is 3. The molecule has 1 aliphatic heterocycles. The van der Waals surface area contributed by atoms with Crippen molar-refractivity contribution in [3.05, 3.63) is 58.9 Å². The predicted octanol–water partition coefficient (Wildman–Crippen LogP) is 4.67. The average Bonchev–Trinajstić information content (AvgIpc) is 3.28. The van der Waals surface area contributed by atoms with Crippen molar-refractivity contribution in [2.75, 3.05) is 0 Å². The second-order valence-electron chi connectivity index (χ2n) is 8.40. The largest absolute Gasteiger partial charge is 0.395 e. The van der Waals surface area contributed by atoms with Gasteiger partial charge < -0.3 is 10.4 Å². The van der Waals surface area contributed by atoms with Crippen LogP contribution in [0.3, 0.4) is 0 Å². The highest BCUT2D eigenvalue weighted by molar-refractivity contribution is 5.48. The van der Waals surface area contributed by atoms with E-state index < -0.39 is 12.1 Å². The third kappa shape index (κ3) is 3.10. The number of alkyl halides is 3. The zero-order valence-corrected chi connectivity index (χ0v) is 15.8. The lowest BCUT2D eigenvalue weighted by molar-refractivity contribution is -0.160. The quantitative estimate of drug-likeness (QED) is 0.733. The number of aliphatic hydroxyl groups excluding tert-OH is 1. The molecule has 1 heterocycles. The summed E-state index contributed by atoms with van der Waals surface area (Å²) in [5.41, 5.74) is 4.07. The molecule has 0 aromatic heterocycles. The van der Waals surface area contributed by atoms with Crippen molar-refractivity contribution < 1.29 is 18.3 Å². The van der Waals surface area contributed by atoms with Gasteiger partial charge in [-0.3, -0.25) is 0 Å². The van der Waals surface area contributed by atoms with Crippen LogP contribution in [0.15, 0.2) is 58.9 Å². The SMILES string of the molecule is CC1=CC=CC(C)C1C1NC(C2=CCC(C(F)(F)F)C=C2)=C(C)[C@@H]2C(O)C12. The maximum atomic E-state index is 12.9. The summed E-state index contributed by atoms with van der Waals surface area (Å²) in [6.07, 6.45) is 6.31. The molecular formula is C22H26F3NO. The fraction of sp³-hybridized carbons (Fsp3) is 0.545. The van der Waals surface area contributed by atoms with Crippen molar-refractivity contribution in [3.8, 4) is 0 Å². The van der Waals surface area contributed by atoms with Crippen molar-refractivity contribution in [2.24, 2.45) is 29.6 Å². The Hall–Kier alpha value is -1.75. The highest BCUT2D eigenvalue weighted by Crippen LogP contribution is 2.54. The van der Waals surface area contributed by atoms with E-state index in [1.807, 2.05) is 6.92 Å². The first-order valence-electron chi connectivity index (χ1n) is 9.66. The predicted molar refractivity (Wildman–Crippen MR) is 99.5 cm³/mol. The standard InChI is InChI=1S/C22H26F3NO/c1-11-5-4-6-12(2)16(11)20-18-17(21(18)27)13(3)19(26-20)14-7-9-15(10-8-14)22(23,24)25/h4-9,11,15-18,20-21,26-27H,10H2,1-3H3/t11?,15?,16?,17-,18?,20?,21?/m0/s1. The molecule has 1 saturated carbocycles. The number of rotatable bonds is 2. The molecule has 4 aliphatic rings. The molecule has 1 fully saturated rings. The lowest BCUT2D eigenvalue weighted by atomic mass is 9.75. The molecule has 0 aromatic carbocycles. The van der Waals surface area contributed by atoms with Crippen LogP contribution >= 0.6 is 0 Å². The Labute approximate surface area is 158 Å². The van der Waals surface area contributed by atoms with Gasteiger partial charge in [-0.2, -0.15) is 13.2 Å². The van der Waals surface area contributed by atoms with E-state index in [0.29, 0.717) is 5.92 Å². The molecular weight excluding hydrogens is 351 g/mol. The van der Waals surface area contributed by atoms with Gasteiger partial charge in [-0.15, -0.1) is 0 Å². The first-order valence-corrected chi connectivity index (χ1v) is 9.66. The molecule has 7 atom stereocenters. The van der Waals surface area contributed by atoms with E-state index >= 15 is 0 Å². The monoisotopic (exact) mass is 377 g/mol. The molecule has 146 valence electrons. The maximum absolute atomic E-state index is 12.9. The van der Waals surface area contributed by atoms with Gasteiger partial charge in [0, 0.05) is 29.5 Å². The number of aliphatic hydroxyl groups is 1. The van der Waals surface area contributed by atoms with E-state index in [-0.39, 0.29) is 36.3 Å². The molecule has 3 aliphatic carbocycles. The van der Waals surface area contributed by atoms with Crippen LogP contribution in [0.4, 0.5) is 13.2 Å². The molecule has 0 amide bonds. The lowest BCUT2D eigenvalue weighted by Crippen LogP contribution is -2.45. The van der Waals surface area contributed by atoms with E-state index in [4.69, 9.17) is 0 Å². The fourth-order valence-electron chi connectivity index (χ4n) is 5.17. The normalized spacial score (nSPS) is 40.9. The minimum atomic E-state index is -4.20. The van der Waals surface area contributed by atoms with Crippen molar-refractivity contribution in [3.63, 3.8) is 0 Å². The highest BCUT2D eigenvalue weighted by Gasteiger charge is 2.59. The molecule has 2 nitrogen and oxygen atoms in total. The summed E-state index contributed by atoms with van der Waals surface area (Å²) in [7, 11) is 0. The third-order valence-corrected chi connectivity index (χ3v) is 6.72. The smallest absolute Gasteiger partial charge is 0.392 e. The van der Waals surface area contributed by atoms with Crippen molar-refractivity contribution >= 4 is 0 Å². The van der Waals surface area contributed by atoms with Crippen LogP contribution in [0, 0.1) is 29.6 Å². The molecule has 5 heteroatoms. The molecule has 6 unspecified atom stereocenters. The van der Waals surface area contributed by atoms with Gasteiger partial charge in [0.15, 0.2) is 0 Å². The van der Waals surface area contributed by atoms with Gasteiger partial charge >= 0.3 is 6.18 Å². The van der Waals surface area contributed by atoms with E-state index in [9.17, 15) is 18.3 Å². The Morgan fingerprint density at radius 3 is 2.48 bits per heavy atom. The fourth-order valence-corrected chi connectivity index (χ4v) is 5.17. The van der Waals surface area contributed by atoms with Crippen LogP contribution in [0.25, 0.3) is 0 Å². The minimum Gasteiger partial charge on any atom is -0.392 e. The van der Waals surface area contributed by atoms with Gasteiger partial charge in [0.2, 0.25) is 0 Å². The number of allylic oxidation sites excluding steroid dienone is 6. The van der Waals surface area contributed by atoms with Gasteiger partial charge in [-0.05, 0) is 37.3 Å². The van der Waals surface area contributed by atoms with E-state index in [2.05, 4.69) is 37.4 Å². The van der Waals surface area contributed by atoms with Gasteiger partial charge in [0.1, 0.15) is 0 Å². The Kier molecular flexibility index (Phi) is 4.41. The number of hydrogen-bond acceptors (Lipinski definition) is 2. The summed E-state index contributed by atoms with van der Waals surface area (Å²) < 4.78 is 38.8. The molecule has 0 bridgehead atoms. The topological polar surface area (TPSA) is 32.3 Å². The zero-order valence-electron chi connectivity index (χ0n) is 15.8. The van der Waals surface area contributed by atoms with Crippen LogP contribution in [-0.4, -0.2) is 23.4 Å². The summed E-state index contributed by atoms with van der Waals surface area (Å²) in [5, 5.41) is 14.2. The first kappa shape index (κ1) is 18.6. The Morgan fingerprint density at radius 1 is 1.15 bits per heavy atom. The summed E-state index contributed by atoms with van der Waals surface area (Å²) in [4.78, 5) is 0. The summed E-state index contributed by atoms with van der Waals surface area (Å²) in [5.74, 6) is -0.502. The molecule has 0 radical (unpaired) electrons. The Bertz CT molecular complexity index is 786. The van der Waals surface area contributed by atoms with Gasteiger partial charge in [0.25, 0.3) is 0 Å². The Balaban J connectivity index is 1.61. The molecule has 0 saturated heterocycles. The van der Waals surface area contributed by atoms with Gasteiger partial charge in [-0.25, -0.2) is 0 Å². The number of fused-ring (bicyclic) bond motifs is 1. The van der Waals surface area contributed by atoms with E-state index in [1.165, 1.54) is 11.6 Å². The van der Waals surface area contributed by atoms with Crippen molar-refractivity contribution in [1.82, 2.24) is 5.32 Å². The number of nitrogens with one attached hydrogen (secondary N) is 1. The van der Waals surface area contributed by atoms with E-state index in [1.54, 1.807) is 12.2 Å². The van der Waals surface area contributed by atoms with Gasteiger partial charge in [0.05, 0.1) is 12.0 Å². The summed E-state index contributed by atoms with van der Waals surface area (Å²) in [6, 6.07) is 0.0922. The van der Waals surface area contributed by atoms with Gasteiger partial charge in [-0.1, -0.05) is 49.0 Å². The van der Waals surface area contributed by atoms with Crippen LogP contribution in [0.5, 0.6) is 0 Å². The molecule has 27 heavy (non-hydrogen) atoms. The Morgan fingerprint density at radius 2 is 1.89 bits per heavy atom. The molecule has 4 rings (SSSR count). The summed E-state index contributed by atoms with van der Waals surface area (Å²) >= 11 is 0. The molecule has 0 aromatic rings. The second-order valence-corrected chi connectivity index (χ2v) is 8.40. The van der Waals surface area contributed by atoms with Crippen molar-refractivity contribution in [2.45, 2.75) is 45.5 Å². The highest BCUT2D eigenvalue weighted by atomic mass is 19.4. The number of hydrogen-bond donors (Lipinski definition) is 2. The van der Waals surface area contributed by atoms with Crippen LogP contribution < -0.4 is 5.32 Å². The van der Waals surface area contributed by atoms with Crippen LogP contribution in [-0.2, 0) is 0 Å². The minimum absolute atomic E-state index is 0.0311. The van der Waals surface area contributed by atoms with Crippen LogP contribution in [0.2, 0.25) is 0 Å². The molecule has 2 N–H and O–H groups in total. The maximum Gasteiger partial charge on any atom is 0.395 e. The van der Waals surface area contributed by atoms with Crippen LogP contribution in [0.1, 0.15) is 27.2 Å². The third-order valence-electron chi connectivity index (χ3n) is 6.72. The lowest BCUT2D eigenvalue weighted by Gasteiger charge is -2.38. The van der Waals surface area contributed by atoms with Crippen molar-refractivity contribution in [1.29, 1.82) is 0 Å². The first-order chi connectivity index (χ1) is 12.7. The average molecular weight is 377 g/mol. The summed E-state index contributed by atoms with van der Waals surface area (Å²) in [6.45, 7) is 6.29. The zero-order chi connectivity index (χ0) is 19.5. The second kappa shape index (κ2) is 6.40. The molecule has 0 spiro atoms.